The molecule has 0 saturated heterocycles. The summed E-state index contributed by atoms with van der Waals surface area (Å²) < 4.78 is 0. The Morgan fingerprint density at radius 3 is 2.80 bits per heavy atom. The van der Waals surface area contributed by atoms with Crippen LogP contribution in [0.25, 0.3) is 0 Å². The predicted octanol–water partition coefficient (Wildman–Crippen LogP) is 1.65. The van der Waals surface area contributed by atoms with Crippen LogP contribution in [0.3, 0.4) is 0 Å². The second-order valence-corrected chi connectivity index (χ2v) is 4.50. The summed E-state index contributed by atoms with van der Waals surface area (Å²) in [4.78, 5) is 8.17. The first-order valence-corrected chi connectivity index (χ1v) is 5.34. The zero-order chi connectivity index (χ0) is 11.1. The molecule has 0 atom stereocenters. The third-order valence-electron chi connectivity index (χ3n) is 2.37. The number of rotatable bonds is 6. The van der Waals surface area contributed by atoms with Crippen molar-refractivity contribution in [2.75, 3.05) is 18.4 Å². The lowest BCUT2D eigenvalue weighted by molar-refractivity contribution is 0.350. The first-order valence-electron chi connectivity index (χ1n) is 5.34. The van der Waals surface area contributed by atoms with E-state index in [1.165, 1.54) is 0 Å². The van der Waals surface area contributed by atoms with E-state index in [2.05, 4.69) is 29.1 Å². The molecule has 4 nitrogen and oxygen atoms in total. The van der Waals surface area contributed by atoms with Gasteiger partial charge in [-0.25, -0.2) is 4.98 Å². The Kier molecular flexibility index (Phi) is 4.49. The van der Waals surface area contributed by atoms with Crippen LogP contribution in [-0.4, -0.2) is 23.1 Å². The Labute approximate surface area is 91.3 Å². The van der Waals surface area contributed by atoms with Gasteiger partial charge in [-0.15, -0.1) is 0 Å². The van der Waals surface area contributed by atoms with Crippen molar-refractivity contribution >= 4 is 5.82 Å². The highest BCUT2D eigenvalue weighted by molar-refractivity contribution is 5.29. The maximum Gasteiger partial charge on any atom is 0.144 e. The number of nitrogens with zero attached hydrogens (tertiary/aromatic N) is 2. The van der Waals surface area contributed by atoms with Crippen LogP contribution in [-0.2, 0) is 0 Å². The second kappa shape index (κ2) is 5.66. The molecule has 0 spiro atoms. The number of nitrogens with one attached hydrogen (secondary N) is 1. The van der Waals surface area contributed by atoms with Gasteiger partial charge in [-0.1, -0.05) is 13.8 Å². The standard InChI is InChI=1S/C11H20N4/c1-11(2,4-3-5-12)9-15-10-8-13-6-7-14-10/h6-8H,3-5,9,12H2,1-2H3,(H,14,15). The molecule has 84 valence electrons. The Morgan fingerprint density at radius 2 is 2.20 bits per heavy atom. The van der Waals surface area contributed by atoms with E-state index in [9.17, 15) is 0 Å². The third-order valence-corrected chi connectivity index (χ3v) is 2.37. The van der Waals surface area contributed by atoms with Crippen molar-refractivity contribution in [3.63, 3.8) is 0 Å². The van der Waals surface area contributed by atoms with Crippen molar-refractivity contribution in [3.8, 4) is 0 Å². The van der Waals surface area contributed by atoms with Crippen molar-refractivity contribution in [2.24, 2.45) is 11.1 Å². The average molecular weight is 208 g/mol. The van der Waals surface area contributed by atoms with E-state index >= 15 is 0 Å². The molecule has 0 aliphatic carbocycles. The molecule has 15 heavy (non-hydrogen) atoms. The van der Waals surface area contributed by atoms with Crippen LogP contribution in [0, 0.1) is 5.41 Å². The van der Waals surface area contributed by atoms with E-state index in [0.717, 1.165) is 31.7 Å². The summed E-state index contributed by atoms with van der Waals surface area (Å²) in [5.41, 5.74) is 5.75. The molecule has 0 bridgehead atoms. The fourth-order valence-corrected chi connectivity index (χ4v) is 1.39. The largest absolute Gasteiger partial charge is 0.368 e. The third kappa shape index (κ3) is 4.74. The molecular formula is C11H20N4. The van der Waals surface area contributed by atoms with Gasteiger partial charge < -0.3 is 11.1 Å². The molecule has 0 radical (unpaired) electrons. The monoisotopic (exact) mass is 208 g/mol. The molecular weight excluding hydrogens is 188 g/mol. The summed E-state index contributed by atoms with van der Waals surface area (Å²) in [5, 5.41) is 3.28. The van der Waals surface area contributed by atoms with Crippen LogP contribution in [0.1, 0.15) is 26.7 Å². The molecule has 0 amide bonds. The number of nitrogens with two attached hydrogens (primary N) is 1. The first kappa shape index (κ1) is 11.9. The van der Waals surface area contributed by atoms with E-state index < -0.39 is 0 Å². The lowest BCUT2D eigenvalue weighted by atomic mass is 9.88. The normalized spacial score (nSPS) is 11.4. The molecule has 1 aromatic rings. The van der Waals surface area contributed by atoms with Gasteiger partial charge in [0.05, 0.1) is 6.20 Å². The van der Waals surface area contributed by atoms with Crippen molar-refractivity contribution in [1.82, 2.24) is 9.97 Å². The Balaban J connectivity index is 2.35. The predicted molar refractivity (Wildman–Crippen MR) is 62.6 cm³/mol. The highest BCUT2D eigenvalue weighted by Crippen LogP contribution is 2.21. The van der Waals surface area contributed by atoms with Crippen LogP contribution >= 0.6 is 0 Å². The van der Waals surface area contributed by atoms with Gasteiger partial charge in [0, 0.05) is 18.9 Å². The van der Waals surface area contributed by atoms with E-state index in [4.69, 9.17) is 5.73 Å². The Hall–Kier alpha value is -1.16. The summed E-state index contributed by atoms with van der Waals surface area (Å²) in [6.07, 6.45) is 7.28. The van der Waals surface area contributed by atoms with E-state index in [1.54, 1.807) is 18.6 Å². The summed E-state index contributed by atoms with van der Waals surface area (Å²) >= 11 is 0. The average Bonchev–Trinajstić information content (AvgIpc) is 2.25. The summed E-state index contributed by atoms with van der Waals surface area (Å²) in [6.45, 7) is 6.11. The maximum absolute atomic E-state index is 5.50. The van der Waals surface area contributed by atoms with Gasteiger partial charge in [0.1, 0.15) is 5.82 Å². The van der Waals surface area contributed by atoms with Gasteiger partial charge in [0.15, 0.2) is 0 Å². The lowest BCUT2D eigenvalue weighted by Crippen LogP contribution is -2.24. The fourth-order valence-electron chi connectivity index (χ4n) is 1.39. The highest BCUT2D eigenvalue weighted by atomic mass is 15.0. The number of hydrogen-bond acceptors (Lipinski definition) is 4. The molecule has 1 heterocycles. The summed E-state index contributed by atoms with van der Waals surface area (Å²) in [5.74, 6) is 0.832. The van der Waals surface area contributed by atoms with E-state index in [0.29, 0.717) is 0 Å². The van der Waals surface area contributed by atoms with Gasteiger partial charge in [-0.2, -0.15) is 0 Å². The Morgan fingerprint density at radius 1 is 1.40 bits per heavy atom. The van der Waals surface area contributed by atoms with Crippen LogP contribution in [0.5, 0.6) is 0 Å². The van der Waals surface area contributed by atoms with Gasteiger partial charge in [0.25, 0.3) is 0 Å². The fraction of sp³-hybridized carbons (Fsp3) is 0.636. The zero-order valence-corrected chi connectivity index (χ0v) is 9.53. The molecule has 0 fully saturated rings. The number of aromatic nitrogens is 2. The molecule has 0 aliphatic heterocycles. The maximum atomic E-state index is 5.50. The summed E-state index contributed by atoms with van der Waals surface area (Å²) in [7, 11) is 0. The van der Waals surface area contributed by atoms with Crippen molar-refractivity contribution in [2.45, 2.75) is 26.7 Å². The molecule has 4 heteroatoms. The van der Waals surface area contributed by atoms with Crippen LogP contribution in [0.15, 0.2) is 18.6 Å². The van der Waals surface area contributed by atoms with Gasteiger partial charge in [0.2, 0.25) is 0 Å². The molecule has 1 aromatic heterocycles. The van der Waals surface area contributed by atoms with E-state index in [-0.39, 0.29) is 5.41 Å². The quantitative estimate of drug-likeness (QED) is 0.746. The summed E-state index contributed by atoms with van der Waals surface area (Å²) in [6, 6.07) is 0. The zero-order valence-electron chi connectivity index (χ0n) is 9.53. The van der Waals surface area contributed by atoms with Crippen molar-refractivity contribution < 1.29 is 0 Å². The SMILES string of the molecule is CC(C)(CCCN)CNc1cnccn1. The molecule has 3 N–H and O–H groups in total. The van der Waals surface area contributed by atoms with Gasteiger partial charge in [-0.3, -0.25) is 4.98 Å². The molecule has 0 aliphatic rings. The second-order valence-electron chi connectivity index (χ2n) is 4.50. The molecule has 0 unspecified atom stereocenters. The van der Waals surface area contributed by atoms with Crippen molar-refractivity contribution in [3.05, 3.63) is 18.6 Å². The number of hydrogen-bond donors (Lipinski definition) is 2. The first-order chi connectivity index (χ1) is 7.14. The van der Waals surface area contributed by atoms with Gasteiger partial charge >= 0.3 is 0 Å². The number of anilines is 1. The van der Waals surface area contributed by atoms with Crippen LogP contribution in [0.2, 0.25) is 0 Å². The van der Waals surface area contributed by atoms with Crippen LogP contribution < -0.4 is 11.1 Å². The van der Waals surface area contributed by atoms with E-state index in [1.807, 2.05) is 0 Å². The molecule has 1 rings (SSSR count). The topological polar surface area (TPSA) is 63.8 Å². The highest BCUT2D eigenvalue weighted by Gasteiger charge is 2.16. The Bertz CT molecular complexity index is 271. The minimum absolute atomic E-state index is 0.247. The minimum Gasteiger partial charge on any atom is -0.368 e. The van der Waals surface area contributed by atoms with Gasteiger partial charge in [-0.05, 0) is 24.8 Å². The van der Waals surface area contributed by atoms with Crippen molar-refractivity contribution in [1.29, 1.82) is 0 Å². The lowest BCUT2D eigenvalue weighted by Gasteiger charge is -2.24. The van der Waals surface area contributed by atoms with Crippen LogP contribution in [0.4, 0.5) is 5.82 Å². The molecule has 0 aromatic carbocycles. The minimum atomic E-state index is 0.247. The smallest absolute Gasteiger partial charge is 0.144 e. The molecule has 0 saturated carbocycles.